The van der Waals surface area contributed by atoms with Gasteiger partial charge in [-0.05, 0) is 73.4 Å². The zero-order chi connectivity index (χ0) is 27.4. The van der Waals surface area contributed by atoms with E-state index in [0.717, 1.165) is 29.6 Å². The third kappa shape index (κ3) is 6.83. The molecule has 1 atom stereocenters. The van der Waals surface area contributed by atoms with E-state index < -0.39 is 9.84 Å². The smallest absolute Gasteiger partial charge is 0.257 e. The minimum atomic E-state index is -3.33. The molecule has 1 amide bonds. The third-order valence-electron chi connectivity index (χ3n) is 5.79. The van der Waals surface area contributed by atoms with Gasteiger partial charge in [-0.25, -0.2) is 13.4 Å². The predicted octanol–water partition coefficient (Wildman–Crippen LogP) is 6.01. The first-order valence-electron chi connectivity index (χ1n) is 12.1. The summed E-state index contributed by atoms with van der Waals surface area (Å²) in [4.78, 5) is 22.5. The summed E-state index contributed by atoms with van der Waals surface area (Å²) in [6.07, 6.45) is 3.64. The molecular formula is C28H30N4O4S2. The van der Waals surface area contributed by atoms with Gasteiger partial charge >= 0.3 is 0 Å². The molecule has 198 valence electrons. The normalized spacial score (nSPS) is 12.4. The van der Waals surface area contributed by atoms with Gasteiger partial charge in [-0.2, -0.15) is 0 Å². The van der Waals surface area contributed by atoms with Crippen LogP contribution in [-0.2, 0) is 9.84 Å². The number of amides is 1. The Kier molecular flexibility index (Phi) is 8.25. The predicted molar refractivity (Wildman–Crippen MR) is 150 cm³/mol. The molecule has 0 radical (unpaired) electrons. The molecule has 0 fully saturated rings. The van der Waals surface area contributed by atoms with E-state index in [9.17, 15) is 13.2 Å². The van der Waals surface area contributed by atoms with Gasteiger partial charge in [0.1, 0.15) is 11.5 Å². The topological polar surface area (TPSA) is 124 Å². The Hall–Kier alpha value is -3.60. The van der Waals surface area contributed by atoms with Gasteiger partial charge in [0.05, 0.1) is 16.3 Å². The first-order valence-corrected chi connectivity index (χ1v) is 14.8. The maximum atomic E-state index is 13.3. The molecule has 8 nitrogen and oxygen atoms in total. The van der Waals surface area contributed by atoms with Crippen molar-refractivity contribution in [3.63, 3.8) is 0 Å². The number of carbonyl (C=O) groups excluding carboxylic acids is 1. The Morgan fingerprint density at radius 2 is 1.84 bits per heavy atom. The first kappa shape index (κ1) is 27.4. The molecule has 0 aliphatic rings. The van der Waals surface area contributed by atoms with E-state index in [-0.39, 0.29) is 16.8 Å². The molecule has 0 bridgehead atoms. The average Bonchev–Trinajstić information content (AvgIpc) is 3.32. The summed E-state index contributed by atoms with van der Waals surface area (Å²) in [5.74, 6) is 0.922. The second kappa shape index (κ2) is 11.4. The van der Waals surface area contributed by atoms with Crippen LogP contribution in [0.3, 0.4) is 0 Å². The Morgan fingerprint density at radius 3 is 2.50 bits per heavy atom. The lowest BCUT2D eigenvalue weighted by atomic mass is 10.0. The molecular weight excluding hydrogens is 520 g/mol. The number of ether oxygens (including phenoxy) is 1. The summed E-state index contributed by atoms with van der Waals surface area (Å²) in [5, 5.41) is 5.19. The minimum Gasteiger partial charge on any atom is -0.457 e. The van der Waals surface area contributed by atoms with E-state index in [4.69, 9.17) is 10.5 Å². The van der Waals surface area contributed by atoms with Gasteiger partial charge in [-0.1, -0.05) is 19.9 Å². The van der Waals surface area contributed by atoms with Crippen LogP contribution >= 0.6 is 11.3 Å². The molecule has 4 aromatic rings. The van der Waals surface area contributed by atoms with Crippen molar-refractivity contribution in [2.75, 3.05) is 11.6 Å². The van der Waals surface area contributed by atoms with E-state index in [0.29, 0.717) is 33.7 Å². The van der Waals surface area contributed by atoms with Crippen LogP contribution in [0.25, 0.3) is 11.3 Å². The molecule has 2 aromatic heterocycles. The number of aromatic nitrogens is 2. The number of rotatable bonds is 9. The summed E-state index contributed by atoms with van der Waals surface area (Å²) in [7, 11) is -3.33. The van der Waals surface area contributed by atoms with Crippen molar-refractivity contribution in [2.45, 2.75) is 38.1 Å². The number of nitrogens with two attached hydrogens (primary N) is 1. The quantitative estimate of drug-likeness (QED) is 0.262. The first-order chi connectivity index (χ1) is 18.0. The highest BCUT2D eigenvalue weighted by atomic mass is 32.2. The lowest BCUT2D eigenvalue weighted by Gasteiger charge is -2.12. The SMILES string of the molecule is Cc1cccnc1-c1cc(Oc2ccc(S(C)(=O)=O)cc2)cc(C(=O)Nc2nc(C(N)CC(C)C)cs2)c1. The van der Waals surface area contributed by atoms with Gasteiger partial charge in [0.15, 0.2) is 15.0 Å². The summed E-state index contributed by atoms with van der Waals surface area (Å²) in [6, 6.07) is 14.9. The highest BCUT2D eigenvalue weighted by Crippen LogP contribution is 2.31. The fourth-order valence-electron chi connectivity index (χ4n) is 3.92. The van der Waals surface area contributed by atoms with Gasteiger partial charge in [-0.3, -0.25) is 15.1 Å². The molecule has 0 aliphatic heterocycles. The standard InChI is InChI=1S/C28H30N4O4S2/c1-17(2)12-24(29)25-16-37-28(31-25)32-27(33)20-13-19(26-18(3)6-5-11-30-26)14-22(15-20)36-21-7-9-23(10-8-21)38(4,34)35/h5-11,13-17,24H,12,29H2,1-4H3,(H,31,32,33). The number of carbonyl (C=O) groups is 1. The maximum absolute atomic E-state index is 13.3. The van der Waals surface area contributed by atoms with Crippen LogP contribution in [0.4, 0.5) is 5.13 Å². The Labute approximate surface area is 226 Å². The number of aryl methyl sites for hydroxylation is 1. The van der Waals surface area contributed by atoms with Gasteiger partial charge in [-0.15, -0.1) is 11.3 Å². The summed E-state index contributed by atoms with van der Waals surface area (Å²) in [6.45, 7) is 6.15. The molecule has 2 aromatic carbocycles. The second-order valence-electron chi connectivity index (χ2n) is 9.53. The molecule has 10 heteroatoms. The van der Waals surface area contributed by atoms with E-state index in [1.54, 1.807) is 36.5 Å². The summed E-state index contributed by atoms with van der Waals surface area (Å²) >= 11 is 1.33. The number of nitrogens with zero attached hydrogens (tertiary/aromatic N) is 2. The molecule has 0 saturated heterocycles. The number of pyridine rings is 1. The van der Waals surface area contributed by atoms with Crippen molar-refractivity contribution < 1.29 is 17.9 Å². The van der Waals surface area contributed by atoms with E-state index in [2.05, 4.69) is 29.1 Å². The van der Waals surface area contributed by atoms with Gasteiger partial charge in [0.2, 0.25) is 0 Å². The van der Waals surface area contributed by atoms with Crippen molar-refractivity contribution in [3.8, 4) is 22.8 Å². The molecule has 0 spiro atoms. The molecule has 4 rings (SSSR count). The Morgan fingerprint density at radius 1 is 1.11 bits per heavy atom. The van der Waals surface area contributed by atoms with Gasteiger partial charge in [0, 0.05) is 35.0 Å². The van der Waals surface area contributed by atoms with Crippen molar-refractivity contribution >= 4 is 32.2 Å². The average molecular weight is 551 g/mol. The third-order valence-corrected chi connectivity index (χ3v) is 7.69. The minimum absolute atomic E-state index is 0.193. The van der Waals surface area contributed by atoms with E-state index in [1.807, 2.05) is 24.4 Å². The van der Waals surface area contributed by atoms with Crippen molar-refractivity contribution in [3.05, 3.63) is 83.0 Å². The Balaban J connectivity index is 1.64. The van der Waals surface area contributed by atoms with Gasteiger partial charge in [0.25, 0.3) is 5.91 Å². The van der Waals surface area contributed by atoms with E-state index >= 15 is 0 Å². The summed E-state index contributed by atoms with van der Waals surface area (Å²) < 4.78 is 29.6. The van der Waals surface area contributed by atoms with E-state index in [1.165, 1.54) is 23.5 Å². The van der Waals surface area contributed by atoms with Crippen LogP contribution in [-0.4, -0.2) is 30.5 Å². The maximum Gasteiger partial charge on any atom is 0.257 e. The number of nitrogens with one attached hydrogen (secondary N) is 1. The Bertz CT molecular complexity index is 1550. The monoisotopic (exact) mass is 550 g/mol. The number of thiazole rings is 1. The molecule has 1 unspecified atom stereocenters. The largest absolute Gasteiger partial charge is 0.457 e. The molecule has 0 saturated carbocycles. The zero-order valence-corrected chi connectivity index (χ0v) is 23.3. The van der Waals surface area contributed by atoms with Crippen LogP contribution in [0.1, 0.15) is 47.9 Å². The lowest BCUT2D eigenvalue weighted by Crippen LogP contribution is -2.15. The zero-order valence-electron chi connectivity index (χ0n) is 21.6. The molecule has 0 aliphatic carbocycles. The molecule has 2 heterocycles. The fraction of sp³-hybridized carbons (Fsp3) is 0.250. The second-order valence-corrected chi connectivity index (χ2v) is 12.4. The van der Waals surface area contributed by atoms with Crippen molar-refractivity contribution in [2.24, 2.45) is 11.7 Å². The number of hydrogen-bond acceptors (Lipinski definition) is 8. The van der Waals surface area contributed by atoms with Crippen LogP contribution in [0.15, 0.2) is 71.1 Å². The lowest BCUT2D eigenvalue weighted by molar-refractivity contribution is 0.102. The van der Waals surface area contributed by atoms with Crippen molar-refractivity contribution in [1.29, 1.82) is 0 Å². The number of hydrogen-bond donors (Lipinski definition) is 2. The molecule has 3 N–H and O–H groups in total. The highest BCUT2D eigenvalue weighted by molar-refractivity contribution is 7.90. The number of anilines is 1. The van der Waals surface area contributed by atoms with Crippen LogP contribution in [0.5, 0.6) is 11.5 Å². The van der Waals surface area contributed by atoms with Crippen LogP contribution in [0.2, 0.25) is 0 Å². The number of sulfone groups is 1. The highest BCUT2D eigenvalue weighted by Gasteiger charge is 2.17. The molecule has 38 heavy (non-hydrogen) atoms. The summed E-state index contributed by atoms with van der Waals surface area (Å²) in [5.41, 5.74) is 9.72. The van der Waals surface area contributed by atoms with Gasteiger partial charge < -0.3 is 10.5 Å². The number of benzene rings is 2. The van der Waals surface area contributed by atoms with Crippen molar-refractivity contribution in [1.82, 2.24) is 9.97 Å². The van der Waals surface area contributed by atoms with Crippen LogP contribution < -0.4 is 15.8 Å². The fourth-order valence-corrected chi connectivity index (χ4v) is 5.32. The van der Waals surface area contributed by atoms with Crippen LogP contribution in [0, 0.1) is 12.8 Å².